The summed E-state index contributed by atoms with van der Waals surface area (Å²) in [6.45, 7) is 4.24. The summed E-state index contributed by atoms with van der Waals surface area (Å²) >= 11 is 0. The number of hydrogen-bond acceptors (Lipinski definition) is 2. The van der Waals surface area contributed by atoms with Crippen molar-refractivity contribution < 1.29 is 0 Å². The van der Waals surface area contributed by atoms with Gasteiger partial charge in [-0.3, -0.25) is 0 Å². The maximum absolute atomic E-state index is 5.81. The van der Waals surface area contributed by atoms with Gasteiger partial charge >= 0.3 is 0 Å². The third-order valence-corrected chi connectivity index (χ3v) is 2.10. The maximum atomic E-state index is 5.81. The van der Waals surface area contributed by atoms with E-state index in [2.05, 4.69) is 18.3 Å². The number of nitrogen functional groups attached to an aromatic ring is 1. The van der Waals surface area contributed by atoms with Gasteiger partial charge in [0.1, 0.15) is 0 Å². The first kappa shape index (κ1) is 10.1. The van der Waals surface area contributed by atoms with Crippen LogP contribution in [0.15, 0.2) is 24.3 Å². The predicted molar refractivity (Wildman–Crippen MR) is 57.7 cm³/mol. The standard InChI is InChI=1S/C11H18N2/c1-2-13-9-5-7-10-6-3-4-8-11(10)12/h3-4,6,8,13H,2,5,7,9,12H2,1H3. The molecule has 1 rings (SSSR count). The fraction of sp³-hybridized carbons (Fsp3) is 0.455. The summed E-state index contributed by atoms with van der Waals surface area (Å²) in [5.74, 6) is 0. The molecule has 72 valence electrons. The smallest absolute Gasteiger partial charge is 0.0346 e. The number of hydrogen-bond donors (Lipinski definition) is 2. The molecule has 0 amide bonds. The minimum absolute atomic E-state index is 0.916. The normalized spacial score (nSPS) is 10.2. The Labute approximate surface area is 80.1 Å². The van der Waals surface area contributed by atoms with Crippen molar-refractivity contribution in [3.05, 3.63) is 29.8 Å². The van der Waals surface area contributed by atoms with E-state index in [4.69, 9.17) is 5.73 Å². The van der Waals surface area contributed by atoms with E-state index in [1.165, 1.54) is 5.56 Å². The zero-order chi connectivity index (χ0) is 9.52. The van der Waals surface area contributed by atoms with Crippen LogP contribution in [-0.2, 0) is 6.42 Å². The van der Waals surface area contributed by atoms with Crippen LogP contribution < -0.4 is 11.1 Å². The molecule has 0 unspecified atom stereocenters. The molecule has 0 heterocycles. The highest BCUT2D eigenvalue weighted by Gasteiger charge is 1.96. The van der Waals surface area contributed by atoms with Crippen molar-refractivity contribution in [2.75, 3.05) is 18.8 Å². The second-order valence-electron chi connectivity index (χ2n) is 3.16. The summed E-state index contributed by atoms with van der Waals surface area (Å²) in [6, 6.07) is 8.08. The predicted octanol–water partition coefficient (Wildman–Crippen LogP) is 1.81. The molecule has 0 aliphatic carbocycles. The van der Waals surface area contributed by atoms with Gasteiger partial charge in [-0.05, 0) is 37.6 Å². The highest BCUT2D eigenvalue weighted by atomic mass is 14.8. The van der Waals surface area contributed by atoms with Gasteiger partial charge in [-0.25, -0.2) is 0 Å². The van der Waals surface area contributed by atoms with Crippen molar-refractivity contribution in [2.24, 2.45) is 0 Å². The molecule has 13 heavy (non-hydrogen) atoms. The van der Waals surface area contributed by atoms with Crippen LogP contribution in [0.2, 0.25) is 0 Å². The Bertz CT molecular complexity index is 246. The monoisotopic (exact) mass is 178 g/mol. The lowest BCUT2D eigenvalue weighted by Crippen LogP contribution is -2.14. The van der Waals surface area contributed by atoms with Gasteiger partial charge in [-0.15, -0.1) is 0 Å². The Kier molecular flexibility index (Phi) is 4.33. The summed E-state index contributed by atoms with van der Waals surface area (Å²) in [6.07, 6.45) is 2.22. The molecule has 1 aromatic carbocycles. The van der Waals surface area contributed by atoms with Crippen molar-refractivity contribution in [3.63, 3.8) is 0 Å². The van der Waals surface area contributed by atoms with Crippen LogP contribution in [0.3, 0.4) is 0 Å². The van der Waals surface area contributed by atoms with E-state index in [0.717, 1.165) is 31.6 Å². The first-order chi connectivity index (χ1) is 6.34. The first-order valence-electron chi connectivity index (χ1n) is 4.88. The van der Waals surface area contributed by atoms with Crippen molar-refractivity contribution in [3.8, 4) is 0 Å². The summed E-state index contributed by atoms with van der Waals surface area (Å²) < 4.78 is 0. The van der Waals surface area contributed by atoms with Crippen LogP contribution >= 0.6 is 0 Å². The van der Waals surface area contributed by atoms with Crippen LogP contribution in [0.25, 0.3) is 0 Å². The molecule has 0 bridgehead atoms. The van der Waals surface area contributed by atoms with Crippen LogP contribution in [0, 0.1) is 0 Å². The minimum atomic E-state index is 0.916. The van der Waals surface area contributed by atoms with Gasteiger partial charge in [0, 0.05) is 5.69 Å². The van der Waals surface area contributed by atoms with E-state index in [0.29, 0.717) is 0 Å². The van der Waals surface area contributed by atoms with Gasteiger partial charge in [0.15, 0.2) is 0 Å². The number of anilines is 1. The highest BCUT2D eigenvalue weighted by molar-refractivity contribution is 5.46. The van der Waals surface area contributed by atoms with Gasteiger partial charge in [-0.2, -0.15) is 0 Å². The van der Waals surface area contributed by atoms with Gasteiger partial charge in [0.05, 0.1) is 0 Å². The van der Waals surface area contributed by atoms with E-state index in [9.17, 15) is 0 Å². The summed E-state index contributed by atoms with van der Waals surface area (Å²) in [5, 5.41) is 3.30. The summed E-state index contributed by atoms with van der Waals surface area (Å²) in [5.41, 5.74) is 7.99. The van der Waals surface area contributed by atoms with E-state index in [1.54, 1.807) is 0 Å². The third kappa shape index (κ3) is 3.47. The lowest BCUT2D eigenvalue weighted by Gasteiger charge is -2.04. The Morgan fingerprint density at radius 2 is 2.08 bits per heavy atom. The number of aryl methyl sites for hydroxylation is 1. The largest absolute Gasteiger partial charge is 0.399 e. The van der Waals surface area contributed by atoms with Gasteiger partial charge < -0.3 is 11.1 Å². The molecular weight excluding hydrogens is 160 g/mol. The number of rotatable bonds is 5. The van der Waals surface area contributed by atoms with Crippen molar-refractivity contribution in [1.29, 1.82) is 0 Å². The molecule has 0 aliphatic rings. The van der Waals surface area contributed by atoms with Crippen LogP contribution in [0.1, 0.15) is 18.9 Å². The molecule has 0 aromatic heterocycles. The fourth-order valence-corrected chi connectivity index (χ4v) is 1.34. The van der Waals surface area contributed by atoms with E-state index in [1.807, 2.05) is 18.2 Å². The molecule has 2 nitrogen and oxygen atoms in total. The van der Waals surface area contributed by atoms with Crippen molar-refractivity contribution in [1.82, 2.24) is 5.32 Å². The molecule has 2 heteroatoms. The van der Waals surface area contributed by atoms with Gasteiger partial charge in [0.2, 0.25) is 0 Å². The Hall–Kier alpha value is -1.02. The molecule has 0 spiro atoms. The molecule has 0 atom stereocenters. The Morgan fingerprint density at radius 3 is 2.77 bits per heavy atom. The summed E-state index contributed by atoms with van der Waals surface area (Å²) in [7, 11) is 0. The van der Waals surface area contributed by atoms with E-state index < -0.39 is 0 Å². The zero-order valence-electron chi connectivity index (χ0n) is 8.22. The molecule has 0 saturated carbocycles. The molecule has 3 N–H and O–H groups in total. The molecule has 0 aliphatic heterocycles. The van der Waals surface area contributed by atoms with Gasteiger partial charge in [0.25, 0.3) is 0 Å². The lowest BCUT2D eigenvalue weighted by atomic mass is 10.1. The van der Waals surface area contributed by atoms with Gasteiger partial charge in [-0.1, -0.05) is 25.1 Å². The topological polar surface area (TPSA) is 38.0 Å². The molecular formula is C11H18N2. The minimum Gasteiger partial charge on any atom is -0.399 e. The number of nitrogens with one attached hydrogen (secondary N) is 1. The highest BCUT2D eigenvalue weighted by Crippen LogP contribution is 2.11. The number of para-hydroxylation sites is 1. The molecule has 0 fully saturated rings. The first-order valence-corrected chi connectivity index (χ1v) is 4.88. The second kappa shape index (κ2) is 5.60. The Morgan fingerprint density at radius 1 is 1.31 bits per heavy atom. The zero-order valence-corrected chi connectivity index (χ0v) is 8.22. The van der Waals surface area contributed by atoms with Crippen LogP contribution in [0.4, 0.5) is 5.69 Å². The maximum Gasteiger partial charge on any atom is 0.0346 e. The molecule has 0 radical (unpaired) electrons. The van der Waals surface area contributed by atoms with Crippen LogP contribution in [-0.4, -0.2) is 13.1 Å². The average molecular weight is 178 g/mol. The van der Waals surface area contributed by atoms with E-state index >= 15 is 0 Å². The SMILES string of the molecule is CCNCCCc1ccccc1N. The van der Waals surface area contributed by atoms with Crippen LogP contribution in [0.5, 0.6) is 0 Å². The summed E-state index contributed by atoms with van der Waals surface area (Å²) in [4.78, 5) is 0. The lowest BCUT2D eigenvalue weighted by molar-refractivity contribution is 0.673. The second-order valence-corrected chi connectivity index (χ2v) is 3.16. The van der Waals surface area contributed by atoms with E-state index in [-0.39, 0.29) is 0 Å². The quantitative estimate of drug-likeness (QED) is 0.533. The third-order valence-electron chi connectivity index (χ3n) is 2.10. The van der Waals surface area contributed by atoms with Crippen molar-refractivity contribution >= 4 is 5.69 Å². The van der Waals surface area contributed by atoms with Crippen molar-refractivity contribution in [2.45, 2.75) is 19.8 Å². The Balaban J connectivity index is 2.32. The molecule has 0 saturated heterocycles. The fourth-order valence-electron chi connectivity index (χ4n) is 1.34. The number of benzene rings is 1. The average Bonchev–Trinajstić information content (AvgIpc) is 2.15. The molecule has 1 aromatic rings. The number of nitrogens with two attached hydrogens (primary N) is 1.